The highest BCUT2D eigenvalue weighted by Gasteiger charge is 2.19. The first-order valence-electron chi connectivity index (χ1n) is 6.35. The molecule has 0 nitrogen and oxygen atoms in total. The van der Waals surface area contributed by atoms with E-state index in [0.29, 0.717) is 0 Å². The van der Waals surface area contributed by atoms with Gasteiger partial charge in [0.25, 0.3) is 0 Å². The lowest BCUT2D eigenvalue weighted by Crippen LogP contribution is -2.07. The fraction of sp³-hybridized carbons (Fsp3) is 0.375. The van der Waals surface area contributed by atoms with Crippen LogP contribution in [0.25, 0.3) is 0 Å². The maximum atomic E-state index is 12.9. The zero-order valence-corrected chi connectivity index (χ0v) is 13.0. The minimum atomic E-state index is -0.207. The van der Waals surface area contributed by atoms with Crippen molar-refractivity contribution in [3.8, 4) is 0 Å². The van der Waals surface area contributed by atoms with E-state index in [2.05, 4.69) is 32.9 Å². The van der Waals surface area contributed by atoms with Crippen LogP contribution in [-0.2, 0) is 11.8 Å². The lowest BCUT2D eigenvalue weighted by Gasteiger charge is -2.15. The van der Waals surface area contributed by atoms with Gasteiger partial charge in [0.05, 0.1) is 5.38 Å². The van der Waals surface area contributed by atoms with Gasteiger partial charge in [-0.3, -0.25) is 0 Å². The van der Waals surface area contributed by atoms with Gasteiger partial charge in [0.1, 0.15) is 5.82 Å². The summed E-state index contributed by atoms with van der Waals surface area (Å²) in [5, 5.41) is -0.0495. The predicted molar refractivity (Wildman–Crippen MR) is 81.7 cm³/mol. The van der Waals surface area contributed by atoms with Crippen molar-refractivity contribution in [2.45, 2.75) is 38.0 Å². The van der Waals surface area contributed by atoms with Gasteiger partial charge >= 0.3 is 0 Å². The molecule has 19 heavy (non-hydrogen) atoms. The molecule has 0 spiro atoms. The Kier molecular flexibility index (Phi) is 4.32. The Bertz CT molecular complexity index is 537. The summed E-state index contributed by atoms with van der Waals surface area (Å²) >= 11 is 8.22. The summed E-state index contributed by atoms with van der Waals surface area (Å²) in [7, 11) is 0. The lowest BCUT2D eigenvalue weighted by atomic mass is 9.95. The topological polar surface area (TPSA) is 0 Å². The molecule has 0 bridgehead atoms. The number of benzene rings is 1. The molecular weight excluding hydrogens is 279 g/mol. The summed E-state index contributed by atoms with van der Waals surface area (Å²) in [6, 6.07) is 10.8. The zero-order valence-electron chi connectivity index (χ0n) is 11.4. The molecule has 1 unspecified atom stereocenters. The van der Waals surface area contributed by atoms with Gasteiger partial charge in [0.15, 0.2) is 0 Å². The van der Waals surface area contributed by atoms with Crippen molar-refractivity contribution >= 4 is 22.9 Å². The van der Waals surface area contributed by atoms with Crippen LogP contribution in [0.5, 0.6) is 0 Å². The average molecular weight is 297 g/mol. The van der Waals surface area contributed by atoms with Gasteiger partial charge in [-0.15, -0.1) is 22.9 Å². The van der Waals surface area contributed by atoms with Crippen molar-refractivity contribution in [2.24, 2.45) is 0 Å². The zero-order chi connectivity index (χ0) is 14.0. The normalized spacial score (nSPS) is 13.5. The van der Waals surface area contributed by atoms with Gasteiger partial charge in [-0.1, -0.05) is 32.9 Å². The van der Waals surface area contributed by atoms with Crippen molar-refractivity contribution in [1.29, 1.82) is 0 Å². The van der Waals surface area contributed by atoms with E-state index in [1.54, 1.807) is 23.5 Å². The molecule has 0 fully saturated rings. The summed E-state index contributed by atoms with van der Waals surface area (Å²) in [6.07, 6.45) is 0.728. The van der Waals surface area contributed by atoms with Gasteiger partial charge in [-0.05, 0) is 41.7 Å². The van der Waals surface area contributed by atoms with Crippen LogP contribution in [0.2, 0.25) is 0 Å². The van der Waals surface area contributed by atoms with Crippen LogP contribution in [-0.4, -0.2) is 0 Å². The molecule has 0 aliphatic carbocycles. The SMILES string of the molecule is CC(C)(C)c1ccc(C(Cl)Cc2ccc(F)cc2)s1. The van der Waals surface area contributed by atoms with E-state index in [0.717, 1.165) is 12.0 Å². The van der Waals surface area contributed by atoms with Crippen LogP contribution < -0.4 is 0 Å². The third-order valence-corrected chi connectivity index (χ3v) is 5.15. The van der Waals surface area contributed by atoms with E-state index < -0.39 is 0 Å². The minimum Gasteiger partial charge on any atom is -0.207 e. The maximum Gasteiger partial charge on any atom is 0.123 e. The van der Waals surface area contributed by atoms with Gasteiger partial charge in [-0.25, -0.2) is 4.39 Å². The number of hydrogen-bond acceptors (Lipinski definition) is 1. The summed E-state index contributed by atoms with van der Waals surface area (Å²) < 4.78 is 12.9. The Morgan fingerprint density at radius 3 is 2.26 bits per heavy atom. The standard InChI is InChI=1S/C16H18ClFS/c1-16(2,3)15-9-8-14(19-15)13(17)10-11-4-6-12(18)7-5-11/h4-9,13H,10H2,1-3H3. The van der Waals surface area contributed by atoms with E-state index in [1.807, 2.05) is 0 Å². The van der Waals surface area contributed by atoms with Gasteiger partial charge in [-0.2, -0.15) is 0 Å². The van der Waals surface area contributed by atoms with Gasteiger partial charge in [0.2, 0.25) is 0 Å². The van der Waals surface area contributed by atoms with Crippen molar-refractivity contribution < 1.29 is 4.39 Å². The Morgan fingerprint density at radius 1 is 1.11 bits per heavy atom. The molecular formula is C16H18ClFS. The highest BCUT2D eigenvalue weighted by atomic mass is 35.5. The van der Waals surface area contributed by atoms with Crippen LogP contribution in [0, 0.1) is 5.82 Å². The molecule has 1 atom stereocenters. The molecule has 3 heteroatoms. The monoisotopic (exact) mass is 296 g/mol. The number of rotatable bonds is 3. The molecule has 0 saturated heterocycles. The number of hydrogen-bond donors (Lipinski definition) is 0. The molecule has 0 saturated carbocycles. The highest BCUT2D eigenvalue weighted by Crippen LogP contribution is 2.36. The fourth-order valence-electron chi connectivity index (χ4n) is 1.85. The third-order valence-electron chi connectivity index (χ3n) is 3.00. The smallest absolute Gasteiger partial charge is 0.123 e. The van der Waals surface area contributed by atoms with Crippen LogP contribution in [0.3, 0.4) is 0 Å². The van der Waals surface area contributed by atoms with Crippen LogP contribution in [0.15, 0.2) is 36.4 Å². The molecule has 1 aromatic heterocycles. The largest absolute Gasteiger partial charge is 0.207 e. The number of thiophene rings is 1. The molecule has 0 amide bonds. The molecule has 2 aromatic rings. The van der Waals surface area contributed by atoms with E-state index in [1.165, 1.54) is 21.9 Å². The second kappa shape index (κ2) is 5.64. The van der Waals surface area contributed by atoms with Crippen LogP contribution in [0.1, 0.15) is 41.5 Å². The van der Waals surface area contributed by atoms with Crippen molar-refractivity contribution in [3.05, 3.63) is 57.5 Å². The maximum absolute atomic E-state index is 12.9. The summed E-state index contributed by atoms with van der Waals surface area (Å²) in [4.78, 5) is 2.52. The van der Waals surface area contributed by atoms with E-state index in [9.17, 15) is 4.39 Å². The molecule has 102 valence electrons. The van der Waals surface area contributed by atoms with Crippen molar-refractivity contribution in [2.75, 3.05) is 0 Å². The number of alkyl halides is 1. The van der Waals surface area contributed by atoms with Crippen LogP contribution in [0.4, 0.5) is 4.39 Å². The van der Waals surface area contributed by atoms with E-state index in [-0.39, 0.29) is 16.6 Å². The molecule has 1 aromatic carbocycles. The van der Waals surface area contributed by atoms with E-state index in [4.69, 9.17) is 11.6 Å². The Labute approximate surface area is 123 Å². The Balaban J connectivity index is 2.09. The fourth-order valence-corrected chi connectivity index (χ4v) is 3.28. The Hall–Kier alpha value is -0.860. The Morgan fingerprint density at radius 2 is 1.74 bits per heavy atom. The molecule has 0 aliphatic rings. The minimum absolute atomic E-state index is 0.0495. The lowest BCUT2D eigenvalue weighted by molar-refractivity contribution is 0.604. The quantitative estimate of drug-likeness (QED) is 0.637. The molecule has 2 rings (SSSR count). The first-order valence-corrected chi connectivity index (χ1v) is 7.60. The first-order chi connectivity index (χ1) is 8.86. The summed E-state index contributed by atoms with van der Waals surface area (Å²) in [5.41, 5.74) is 1.22. The number of halogens is 2. The molecule has 0 radical (unpaired) electrons. The average Bonchev–Trinajstić information content (AvgIpc) is 2.81. The predicted octanol–water partition coefficient (Wildman–Crippen LogP) is 5.71. The summed E-state index contributed by atoms with van der Waals surface area (Å²) in [6.45, 7) is 6.60. The van der Waals surface area contributed by atoms with Gasteiger partial charge in [0, 0.05) is 9.75 Å². The van der Waals surface area contributed by atoms with Gasteiger partial charge < -0.3 is 0 Å². The van der Waals surface area contributed by atoms with E-state index >= 15 is 0 Å². The summed E-state index contributed by atoms with van der Waals surface area (Å²) in [5.74, 6) is -0.207. The molecule has 0 N–H and O–H groups in total. The first kappa shape index (κ1) is 14.5. The van der Waals surface area contributed by atoms with Crippen molar-refractivity contribution in [3.63, 3.8) is 0 Å². The molecule has 1 heterocycles. The second-order valence-corrected chi connectivity index (χ2v) is 7.39. The molecule has 0 aliphatic heterocycles. The van der Waals surface area contributed by atoms with Crippen LogP contribution >= 0.6 is 22.9 Å². The highest BCUT2D eigenvalue weighted by molar-refractivity contribution is 7.12. The third kappa shape index (κ3) is 3.80. The second-order valence-electron chi connectivity index (χ2n) is 5.75. The van der Waals surface area contributed by atoms with Crippen molar-refractivity contribution in [1.82, 2.24) is 0 Å².